The Morgan fingerprint density at radius 2 is 2.36 bits per heavy atom. The molecule has 0 aliphatic heterocycles. The number of rotatable bonds is 5. The van der Waals surface area contributed by atoms with Crippen molar-refractivity contribution in [2.24, 2.45) is 5.92 Å². The fraction of sp³-hybridized carbons (Fsp3) is 0.778. The third kappa shape index (κ3) is 3.33. The molecule has 0 spiro atoms. The zero-order valence-corrected chi connectivity index (χ0v) is 8.10. The molecule has 0 unspecified atom stereocenters. The highest BCUT2D eigenvalue weighted by Crippen LogP contribution is 2.27. The average molecular weight is 201 g/mol. The summed E-state index contributed by atoms with van der Waals surface area (Å²) < 4.78 is 5.39. The van der Waals surface area contributed by atoms with Crippen LogP contribution in [0, 0.1) is 5.92 Å². The van der Waals surface area contributed by atoms with Gasteiger partial charge in [0.1, 0.15) is 6.29 Å². The van der Waals surface area contributed by atoms with E-state index in [9.17, 15) is 9.59 Å². The molecular formula is C9H15NO4. The van der Waals surface area contributed by atoms with E-state index in [0.29, 0.717) is 6.61 Å². The Labute approximate surface area is 82.4 Å². The van der Waals surface area contributed by atoms with Crippen molar-refractivity contribution in [1.29, 1.82) is 0 Å². The molecule has 0 aromatic heterocycles. The Bertz CT molecular complexity index is 213. The van der Waals surface area contributed by atoms with Crippen molar-refractivity contribution in [1.82, 2.24) is 5.32 Å². The lowest BCUT2D eigenvalue weighted by Gasteiger charge is -2.32. The van der Waals surface area contributed by atoms with E-state index >= 15 is 0 Å². The lowest BCUT2D eigenvalue weighted by molar-refractivity contribution is -0.119. The predicted octanol–water partition coefficient (Wildman–Crippen LogP) is 0.637. The van der Waals surface area contributed by atoms with E-state index in [2.05, 4.69) is 5.32 Å². The van der Waals surface area contributed by atoms with Crippen LogP contribution in [-0.4, -0.2) is 36.2 Å². The number of carbonyl (C=O) groups excluding carboxylic acids is 1. The molecule has 1 saturated carbocycles. The van der Waals surface area contributed by atoms with Crippen LogP contribution in [0.3, 0.4) is 0 Å². The van der Waals surface area contributed by atoms with Gasteiger partial charge in [-0.25, -0.2) is 4.79 Å². The lowest BCUT2D eigenvalue weighted by Crippen LogP contribution is -2.39. The first-order chi connectivity index (χ1) is 6.61. The SMILES string of the molecule is C[C@H](COC1CC(C=O)C1)NC(=O)O. The first-order valence-corrected chi connectivity index (χ1v) is 4.68. The molecule has 0 radical (unpaired) electrons. The zero-order valence-electron chi connectivity index (χ0n) is 8.10. The van der Waals surface area contributed by atoms with Crippen LogP contribution in [0.4, 0.5) is 4.79 Å². The third-order valence-corrected chi connectivity index (χ3v) is 2.28. The van der Waals surface area contributed by atoms with Gasteiger partial charge in [-0.15, -0.1) is 0 Å². The van der Waals surface area contributed by atoms with E-state index < -0.39 is 6.09 Å². The van der Waals surface area contributed by atoms with Crippen LogP contribution >= 0.6 is 0 Å². The number of ether oxygens (including phenoxy) is 1. The molecule has 2 N–H and O–H groups in total. The zero-order chi connectivity index (χ0) is 10.6. The van der Waals surface area contributed by atoms with E-state index in [1.54, 1.807) is 6.92 Å². The highest BCUT2D eigenvalue weighted by Gasteiger charge is 2.29. The Hall–Kier alpha value is -1.10. The average Bonchev–Trinajstić information content (AvgIpc) is 2.00. The fourth-order valence-corrected chi connectivity index (χ4v) is 1.39. The van der Waals surface area contributed by atoms with Crippen molar-refractivity contribution >= 4 is 12.4 Å². The molecule has 1 fully saturated rings. The second-order valence-corrected chi connectivity index (χ2v) is 3.67. The third-order valence-electron chi connectivity index (χ3n) is 2.28. The summed E-state index contributed by atoms with van der Waals surface area (Å²) in [6.07, 6.45) is 1.56. The monoisotopic (exact) mass is 201 g/mol. The number of hydrogen-bond acceptors (Lipinski definition) is 3. The second kappa shape index (κ2) is 4.95. The highest BCUT2D eigenvalue weighted by molar-refractivity contribution is 5.64. The minimum atomic E-state index is -1.04. The summed E-state index contributed by atoms with van der Waals surface area (Å²) in [6, 6.07) is -0.206. The molecular weight excluding hydrogens is 186 g/mol. The summed E-state index contributed by atoms with van der Waals surface area (Å²) in [5.41, 5.74) is 0. The minimum Gasteiger partial charge on any atom is -0.465 e. The smallest absolute Gasteiger partial charge is 0.404 e. The Kier molecular flexibility index (Phi) is 3.88. The van der Waals surface area contributed by atoms with Gasteiger partial charge in [-0.05, 0) is 19.8 Å². The van der Waals surface area contributed by atoms with Gasteiger partial charge >= 0.3 is 6.09 Å². The highest BCUT2D eigenvalue weighted by atomic mass is 16.5. The predicted molar refractivity (Wildman–Crippen MR) is 49.2 cm³/mol. The van der Waals surface area contributed by atoms with E-state index in [0.717, 1.165) is 19.1 Å². The standard InChI is InChI=1S/C9H15NO4/c1-6(10-9(12)13)5-14-8-2-7(3-8)4-11/h4,6-8,10H,2-3,5H2,1H3,(H,12,13)/t6-,7?,8?/m1/s1. The van der Waals surface area contributed by atoms with Gasteiger partial charge in [0.25, 0.3) is 0 Å². The van der Waals surface area contributed by atoms with Gasteiger partial charge in [-0.2, -0.15) is 0 Å². The number of aldehydes is 1. The molecule has 0 aromatic rings. The van der Waals surface area contributed by atoms with E-state index in [1.165, 1.54) is 0 Å². The van der Waals surface area contributed by atoms with Gasteiger partial charge in [0, 0.05) is 5.92 Å². The van der Waals surface area contributed by atoms with Gasteiger partial charge in [0.2, 0.25) is 0 Å². The topological polar surface area (TPSA) is 75.6 Å². The van der Waals surface area contributed by atoms with Gasteiger partial charge < -0.3 is 20.0 Å². The quantitative estimate of drug-likeness (QED) is 0.640. The van der Waals surface area contributed by atoms with E-state index in [-0.39, 0.29) is 18.1 Å². The largest absolute Gasteiger partial charge is 0.465 e. The van der Waals surface area contributed by atoms with Crippen LogP contribution in [0.25, 0.3) is 0 Å². The Balaban J connectivity index is 2.04. The van der Waals surface area contributed by atoms with E-state index in [1.807, 2.05) is 0 Å². The van der Waals surface area contributed by atoms with Crippen LogP contribution in [-0.2, 0) is 9.53 Å². The van der Waals surface area contributed by atoms with Crippen molar-refractivity contribution in [2.75, 3.05) is 6.61 Å². The maximum atomic E-state index is 10.3. The molecule has 5 heteroatoms. The first-order valence-electron chi connectivity index (χ1n) is 4.68. The van der Waals surface area contributed by atoms with Crippen LogP contribution in [0.2, 0.25) is 0 Å². The number of carbonyl (C=O) groups is 2. The first kappa shape index (κ1) is 11.0. The molecule has 0 saturated heterocycles. The van der Waals surface area contributed by atoms with Crippen molar-refractivity contribution in [2.45, 2.75) is 31.9 Å². The molecule has 1 aliphatic rings. The minimum absolute atomic E-state index is 0.128. The van der Waals surface area contributed by atoms with Crippen LogP contribution in [0.15, 0.2) is 0 Å². The fourth-order valence-electron chi connectivity index (χ4n) is 1.39. The van der Waals surface area contributed by atoms with Gasteiger partial charge in [0.05, 0.1) is 18.8 Å². The van der Waals surface area contributed by atoms with Crippen molar-refractivity contribution in [3.05, 3.63) is 0 Å². The Morgan fingerprint density at radius 3 is 2.86 bits per heavy atom. The van der Waals surface area contributed by atoms with Crippen LogP contribution in [0.1, 0.15) is 19.8 Å². The summed E-state index contributed by atoms with van der Waals surface area (Å²) >= 11 is 0. The van der Waals surface area contributed by atoms with Crippen molar-refractivity contribution in [3.8, 4) is 0 Å². The summed E-state index contributed by atoms with van der Waals surface area (Å²) in [5, 5.41) is 10.7. The number of carboxylic acid groups (broad SMARTS) is 1. The second-order valence-electron chi connectivity index (χ2n) is 3.67. The van der Waals surface area contributed by atoms with Gasteiger partial charge in [0.15, 0.2) is 0 Å². The molecule has 14 heavy (non-hydrogen) atoms. The van der Waals surface area contributed by atoms with Crippen LogP contribution in [0.5, 0.6) is 0 Å². The summed E-state index contributed by atoms with van der Waals surface area (Å²) in [6.45, 7) is 2.10. The maximum absolute atomic E-state index is 10.3. The van der Waals surface area contributed by atoms with E-state index in [4.69, 9.17) is 9.84 Å². The summed E-state index contributed by atoms with van der Waals surface area (Å²) in [7, 11) is 0. The van der Waals surface area contributed by atoms with Gasteiger partial charge in [-0.1, -0.05) is 0 Å². The molecule has 5 nitrogen and oxygen atoms in total. The number of hydrogen-bond donors (Lipinski definition) is 2. The normalized spacial score (nSPS) is 27.5. The molecule has 0 bridgehead atoms. The maximum Gasteiger partial charge on any atom is 0.404 e. The van der Waals surface area contributed by atoms with Crippen molar-refractivity contribution < 1.29 is 19.4 Å². The molecule has 1 aliphatic carbocycles. The Morgan fingerprint density at radius 1 is 1.71 bits per heavy atom. The molecule has 1 rings (SSSR count). The lowest BCUT2D eigenvalue weighted by atomic mass is 9.83. The summed E-state index contributed by atoms with van der Waals surface area (Å²) in [4.78, 5) is 20.5. The molecule has 1 atom stereocenters. The molecule has 0 aromatic carbocycles. The molecule has 0 heterocycles. The number of amides is 1. The summed E-state index contributed by atoms with van der Waals surface area (Å²) in [5.74, 6) is 0.141. The van der Waals surface area contributed by atoms with Crippen molar-refractivity contribution in [3.63, 3.8) is 0 Å². The number of nitrogens with one attached hydrogen (secondary N) is 1. The van der Waals surface area contributed by atoms with Crippen LogP contribution < -0.4 is 5.32 Å². The van der Waals surface area contributed by atoms with Gasteiger partial charge in [-0.3, -0.25) is 0 Å². The molecule has 80 valence electrons. The molecule has 1 amide bonds.